The molecule has 19 heavy (non-hydrogen) atoms. The van der Waals surface area contributed by atoms with Gasteiger partial charge in [0.05, 0.1) is 0 Å². The second-order valence-corrected chi connectivity index (χ2v) is 5.67. The molecule has 0 aromatic carbocycles. The van der Waals surface area contributed by atoms with E-state index < -0.39 is 0 Å². The zero-order valence-electron chi connectivity index (χ0n) is 13.3. The normalized spacial score (nSPS) is 10.2. The maximum Gasteiger partial charge on any atom is -0.0353 e. The van der Waals surface area contributed by atoms with Crippen molar-refractivity contribution in [2.75, 3.05) is 0 Å². The van der Waals surface area contributed by atoms with Crippen LogP contribution < -0.4 is 0 Å². The van der Waals surface area contributed by atoms with Gasteiger partial charge < -0.3 is 0 Å². The fourth-order valence-corrected chi connectivity index (χ4v) is 2.48. The third-order valence-corrected chi connectivity index (χ3v) is 3.76. The maximum atomic E-state index is 3.76. The highest BCUT2D eigenvalue weighted by Crippen LogP contribution is 2.13. The molecule has 0 aliphatic rings. The molecule has 0 aromatic rings. The van der Waals surface area contributed by atoms with Crippen LogP contribution in [-0.4, -0.2) is 0 Å². The van der Waals surface area contributed by atoms with Gasteiger partial charge >= 0.3 is 0 Å². The van der Waals surface area contributed by atoms with Crippen LogP contribution in [0.2, 0.25) is 0 Å². The molecule has 0 spiro atoms. The van der Waals surface area contributed by atoms with Crippen molar-refractivity contribution in [3.63, 3.8) is 0 Å². The first-order valence-electron chi connectivity index (χ1n) is 8.52. The van der Waals surface area contributed by atoms with Gasteiger partial charge in [-0.15, -0.1) is 6.58 Å². The van der Waals surface area contributed by atoms with Crippen molar-refractivity contribution in [1.29, 1.82) is 0 Å². The highest BCUT2D eigenvalue weighted by molar-refractivity contribution is 4.65. The van der Waals surface area contributed by atoms with Gasteiger partial charge in [0.25, 0.3) is 0 Å². The SMILES string of the molecule is C=CCCCCCCCCCCCCCCCC.F. The Labute approximate surface area is 121 Å². The standard InChI is InChI=1S/C18H36.FH/c1-3-5-7-9-11-13-15-17-18-16-14-12-10-8-6-4-2;/h3H,1,4-18H2,2H3;1H. The number of allylic oxidation sites excluding steroid dienone is 1. The molecule has 0 aliphatic heterocycles. The van der Waals surface area contributed by atoms with Crippen molar-refractivity contribution in [3.05, 3.63) is 12.7 Å². The summed E-state index contributed by atoms with van der Waals surface area (Å²) in [6, 6.07) is 0. The predicted molar refractivity (Wildman–Crippen MR) is 87.6 cm³/mol. The van der Waals surface area contributed by atoms with Crippen LogP contribution in [-0.2, 0) is 0 Å². The van der Waals surface area contributed by atoms with Crippen molar-refractivity contribution in [2.24, 2.45) is 0 Å². The predicted octanol–water partition coefficient (Wildman–Crippen LogP) is 7.20. The molecule has 0 aliphatic carbocycles. The molecule has 0 unspecified atom stereocenters. The molecule has 0 nitrogen and oxygen atoms in total. The Morgan fingerprint density at radius 1 is 0.579 bits per heavy atom. The van der Waals surface area contributed by atoms with E-state index >= 15 is 0 Å². The number of hydrogen-bond donors (Lipinski definition) is 0. The van der Waals surface area contributed by atoms with E-state index in [1.165, 1.54) is 96.3 Å². The van der Waals surface area contributed by atoms with Crippen LogP contribution in [0.4, 0.5) is 4.70 Å². The van der Waals surface area contributed by atoms with E-state index in [0.29, 0.717) is 0 Å². The van der Waals surface area contributed by atoms with E-state index in [1.54, 1.807) is 0 Å². The molecule has 0 fully saturated rings. The highest BCUT2D eigenvalue weighted by atomic mass is 19.0. The second-order valence-electron chi connectivity index (χ2n) is 5.67. The van der Waals surface area contributed by atoms with Gasteiger partial charge in [0.15, 0.2) is 0 Å². The topological polar surface area (TPSA) is 0 Å². The lowest BCUT2D eigenvalue weighted by Gasteiger charge is -2.02. The minimum absolute atomic E-state index is 0. The highest BCUT2D eigenvalue weighted by Gasteiger charge is 1.93. The lowest BCUT2D eigenvalue weighted by molar-refractivity contribution is 0.536. The molecule has 0 saturated carbocycles. The van der Waals surface area contributed by atoms with Crippen LogP contribution in [0.3, 0.4) is 0 Å². The van der Waals surface area contributed by atoms with Gasteiger partial charge in [-0.1, -0.05) is 96.5 Å². The van der Waals surface area contributed by atoms with E-state index in [4.69, 9.17) is 0 Å². The molecule has 0 N–H and O–H groups in total. The third-order valence-electron chi connectivity index (χ3n) is 3.76. The summed E-state index contributed by atoms with van der Waals surface area (Å²) in [7, 11) is 0. The smallest absolute Gasteiger partial charge is 0.0353 e. The maximum absolute atomic E-state index is 3.76. The second kappa shape index (κ2) is 20.0. The van der Waals surface area contributed by atoms with Crippen molar-refractivity contribution in [1.82, 2.24) is 0 Å². The van der Waals surface area contributed by atoms with Crippen LogP contribution in [0.1, 0.15) is 103 Å². The first-order valence-corrected chi connectivity index (χ1v) is 8.52. The summed E-state index contributed by atoms with van der Waals surface area (Å²) in [5.41, 5.74) is 0. The zero-order valence-corrected chi connectivity index (χ0v) is 13.3. The summed E-state index contributed by atoms with van der Waals surface area (Å²) < 4.78 is 0. The van der Waals surface area contributed by atoms with Gasteiger partial charge in [-0.2, -0.15) is 0 Å². The van der Waals surface area contributed by atoms with Crippen LogP contribution in [0.5, 0.6) is 0 Å². The van der Waals surface area contributed by atoms with Gasteiger partial charge in [0.2, 0.25) is 0 Å². The summed E-state index contributed by atoms with van der Waals surface area (Å²) in [5, 5.41) is 0. The molecule has 0 rings (SSSR count). The Hall–Kier alpha value is -0.330. The Kier molecular flexibility index (Phi) is 22.1. The summed E-state index contributed by atoms with van der Waals surface area (Å²) in [6.07, 6.45) is 23.5. The van der Waals surface area contributed by atoms with Crippen LogP contribution >= 0.6 is 0 Å². The van der Waals surface area contributed by atoms with Gasteiger partial charge in [0, 0.05) is 0 Å². The molecule has 0 aromatic heterocycles. The molecular weight excluding hydrogens is 235 g/mol. The fourth-order valence-electron chi connectivity index (χ4n) is 2.48. The van der Waals surface area contributed by atoms with Gasteiger partial charge in [0.1, 0.15) is 0 Å². The number of hydrogen-bond acceptors (Lipinski definition) is 0. The Morgan fingerprint density at radius 2 is 0.895 bits per heavy atom. The van der Waals surface area contributed by atoms with E-state index in [9.17, 15) is 0 Å². The molecule has 0 atom stereocenters. The quantitative estimate of drug-likeness (QED) is 0.218. The summed E-state index contributed by atoms with van der Waals surface area (Å²) in [5.74, 6) is 0. The monoisotopic (exact) mass is 272 g/mol. The van der Waals surface area contributed by atoms with E-state index in [-0.39, 0.29) is 4.70 Å². The molecule has 0 radical (unpaired) electrons. The fraction of sp³-hybridized carbons (Fsp3) is 0.889. The van der Waals surface area contributed by atoms with E-state index in [0.717, 1.165) is 0 Å². The molecule has 0 saturated heterocycles. The minimum atomic E-state index is 0. The third kappa shape index (κ3) is 20.2. The average Bonchev–Trinajstić information content (AvgIpc) is 2.39. The van der Waals surface area contributed by atoms with Crippen molar-refractivity contribution >= 4 is 0 Å². The first kappa shape index (κ1) is 21.0. The van der Waals surface area contributed by atoms with Crippen LogP contribution in [0.25, 0.3) is 0 Å². The van der Waals surface area contributed by atoms with Gasteiger partial charge in [-0.3, -0.25) is 4.70 Å². The average molecular weight is 272 g/mol. The number of rotatable bonds is 15. The largest absolute Gasteiger partial charge is 0.269 e. The molecule has 0 bridgehead atoms. The van der Waals surface area contributed by atoms with Crippen molar-refractivity contribution < 1.29 is 4.70 Å². The zero-order chi connectivity index (χ0) is 13.3. The Balaban J connectivity index is 0. The number of halogens is 1. The first-order chi connectivity index (χ1) is 8.91. The van der Waals surface area contributed by atoms with Crippen LogP contribution in [0.15, 0.2) is 12.7 Å². The van der Waals surface area contributed by atoms with Gasteiger partial charge in [-0.25, -0.2) is 0 Å². The van der Waals surface area contributed by atoms with E-state index in [2.05, 4.69) is 13.5 Å². The van der Waals surface area contributed by atoms with E-state index in [1.807, 2.05) is 6.08 Å². The molecule has 116 valence electrons. The summed E-state index contributed by atoms with van der Waals surface area (Å²) in [6.45, 7) is 6.05. The molecule has 0 heterocycles. The molecule has 0 amide bonds. The van der Waals surface area contributed by atoms with Crippen LogP contribution in [0, 0.1) is 0 Å². The number of unbranched alkanes of at least 4 members (excludes halogenated alkanes) is 14. The summed E-state index contributed by atoms with van der Waals surface area (Å²) in [4.78, 5) is 0. The lowest BCUT2D eigenvalue weighted by Crippen LogP contribution is -1.83. The minimum Gasteiger partial charge on any atom is -0.269 e. The lowest BCUT2D eigenvalue weighted by atomic mass is 10.0. The Bertz CT molecular complexity index is 154. The molecule has 1 heteroatoms. The Morgan fingerprint density at radius 3 is 1.21 bits per heavy atom. The van der Waals surface area contributed by atoms with Crippen molar-refractivity contribution in [3.8, 4) is 0 Å². The summed E-state index contributed by atoms with van der Waals surface area (Å²) >= 11 is 0. The molecular formula is C18H37F. The van der Waals surface area contributed by atoms with Gasteiger partial charge in [-0.05, 0) is 12.8 Å². The van der Waals surface area contributed by atoms with Crippen molar-refractivity contribution in [2.45, 2.75) is 103 Å².